The van der Waals surface area contributed by atoms with Crippen molar-refractivity contribution in [3.8, 4) is 0 Å². The van der Waals surface area contributed by atoms with E-state index in [9.17, 15) is 9.59 Å². The lowest BCUT2D eigenvalue weighted by Gasteiger charge is -2.20. The molecule has 0 heterocycles. The summed E-state index contributed by atoms with van der Waals surface area (Å²) in [6.07, 6.45) is 0.544. The maximum atomic E-state index is 12.1. The van der Waals surface area contributed by atoms with Crippen LogP contribution in [0.4, 0.5) is 5.69 Å². The third kappa shape index (κ3) is 5.48. The molecule has 1 aromatic rings. The Morgan fingerprint density at radius 3 is 2.70 bits per heavy atom. The number of hydrogen-bond acceptors (Lipinski definition) is 5. The predicted molar refractivity (Wildman–Crippen MR) is 84.8 cm³/mol. The minimum absolute atomic E-state index is 0.0307. The van der Waals surface area contributed by atoms with E-state index in [1.165, 1.54) is 6.92 Å². The number of rotatable bonds is 8. The summed E-state index contributed by atoms with van der Waals surface area (Å²) in [6, 6.07) is 6.50. The first kappa shape index (κ1) is 18.3. The lowest BCUT2D eigenvalue weighted by molar-refractivity contribution is -0.148. The zero-order valence-electron chi connectivity index (χ0n) is 13.2. The highest BCUT2D eigenvalue weighted by Gasteiger charge is 2.26. The highest BCUT2D eigenvalue weighted by atomic mass is 16.6. The van der Waals surface area contributed by atoms with Crippen molar-refractivity contribution in [3.05, 3.63) is 52.4 Å². The van der Waals surface area contributed by atoms with Crippen LogP contribution in [0.1, 0.15) is 38.4 Å². The van der Waals surface area contributed by atoms with Crippen LogP contribution in [0.2, 0.25) is 0 Å². The van der Waals surface area contributed by atoms with Crippen molar-refractivity contribution in [2.75, 3.05) is 6.61 Å². The number of azide groups is 1. The standard InChI is InChI=1S/C16H19N3O4/c1-4-5-10-22-16(21)11(2)15(23-12(3)20)13-8-6-7-9-14(13)18-19-17/h6-9,15H,2,4-5,10H2,1,3H3. The Hall–Kier alpha value is -2.79. The van der Waals surface area contributed by atoms with E-state index in [1.807, 2.05) is 6.92 Å². The fraction of sp³-hybridized carbons (Fsp3) is 0.375. The van der Waals surface area contributed by atoms with Gasteiger partial charge in [-0.25, -0.2) is 4.79 Å². The second kappa shape index (κ2) is 9.27. The van der Waals surface area contributed by atoms with Crippen molar-refractivity contribution in [1.82, 2.24) is 0 Å². The molecule has 1 aromatic carbocycles. The summed E-state index contributed by atoms with van der Waals surface area (Å²) in [4.78, 5) is 26.2. The molecule has 0 aromatic heterocycles. The summed E-state index contributed by atoms with van der Waals surface area (Å²) in [5.74, 6) is -1.24. The fourth-order valence-corrected chi connectivity index (χ4v) is 1.85. The third-order valence-corrected chi connectivity index (χ3v) is 2.97. The molecule has 0 amide bonds. The molecule has 1 unspecified atom stereocenters. The monoisotopic (exact) mass is 317 g/mol. The summed E-state index contributed by atoms with van der Waals surface area (Å²) >= 11 is 0. The number of carbonyl (C=O) groups is 2. The first-order chi connectivity index (χ1) is 11.0. The molecule has 0 saturated heterocycles. The number of benzene rings is 1. The Balaban J connectivity index is 3.09. The zero-order valence-corrected chi connectivity index (χ0v) is 13.2. The smallest absolute Gasteiger partial charge is 0.337 e. The van der Waals surface area contributed by atoms with Crippen LogP contribution in [0.5, 0.6) is 0 Å². The normalized spacial score (nSPS) is 11.0. The van der Waals surface area contributed by atoms with Gasteiger partial charge < -0.3 is 9.47 Å². The molecule has 0 aliphatic carbocycles. The molecule has 7 nitrogen and oxygen atoms in total. The molecule has 122 valence electrons. The van der Waals surface area contributed by atoms with Crippen molar-refractivity contribution >= 4 is 17.6 Å². The summed E-state index contributed by atoms with van der Waals surface area (Å²) in [5.41, 5.74) is 9.23. The summed E-state index contributed by atoms with van der Waals surface area (Å²) in [6.45, 7) is 7.13. The van der Waals surface area contributed by atoms with E-state index in [4.69, 9.17) is 15.0 Å². The van der Waals surface area contributed by atoms with E-state index < -0.39 is 18.0 Å². The molecule has 1 rings (SSSR count). The number of hydrogen-bond donors (Lipinski definition) is 0. The van der Waals surface area contributed by atoms with Crippen molar-refractivity contribution < 1.29 is 19.1 Å². The van der Waals surface area contributed by atoms with E-state index in [2.05, 4.69) is 16.6 Å². The van der Waals surface area contributed by atoms with Crippen LogP contribution in [0.3, 0.4) is 0 Å². The lowest BCUT2D eigenvalue weighted by atomic mass is 10.0. The molecule has 7 heteroatoms. The van der Waals surface area contributed by atoms with Gasteiger partial charge in [-0.1, -0.05) is 49.3 Å². The third-order valence-electron chi connectivity index (χ3n) is 2.97. The zero-order chi connectivity index (χ0) is 17.2. The van der Waals surface area contributed by atoms with E-state index in [1.54, 1.807) is 24.3 Å². The molecule has 23 heavy (non-hydrogen) atoms. The number of esters is 2. The molecule has 0 fully saturated rings. The fourth-order valence-electron chi connectivity index (χ4n) is 1.85. The second-order valence-corrected chi connectivity index (χ2v) is 4.75. The average Bonchev–Trinajstić information content (AvgIpc) is 2.53. The highest BCUT2D eigenvalue weighted by molar-refractivity contribution is 5.90. The molecule has 0 aliphatic heterocycles. The first-order valence-electron chi connectivity index (χ1n) is 7.18. The average molecular weight is 317 g/mol. The summed E-state index contributed by atoms with van der Waals surface area (Å²) < 4.78 is 10.3. The predicted octanol–water partition coefficient (Wildman–Crippen LogP) is 4.13. The number of ether oxygens (including phenoxy) is 2. The molecule has 1 atom stereocenters. The molecule has 0 N–H and O–H groups in total. The van der Waals surface area contributed by atoms with Crippen molar-refractivity contribution in [1.29, 1.82) is 0 Å². The summed E-state index contributed by atoms with van der Waals surface area (Å²) in [5, 5.41) is 3.55. The number of nitrogens with zero attached hydrogens (tertiary/aromatic N) is 3. The van der Waals surface area contributed by atoms with Gasteiger partial charge in [0.05, 0.1) is 12.2 Å². The lowest BCUT2D eigenvalue weighted by Crippen LogP contribution is -2.19. The van der Waals surface area contributed by atoms with Crippen LogP contribution in [0.15, 0.2) is 41.5 Å². The van der Waals surface area contributed by atoms with Crippen LogP contribution in [0, 0.1) is 0 Å². The number of unbranched alkanes of at least 4 members (excludes halogenated alkanes) is 1. The van der Waals surface area contributed by atoms with Gasteiger partial charge in [-0.3, -0.25) is 4.79 Å². The van der Waals surface area contributed by atoms with Crippen LogP contribution in [-0.2, 0) is 19.1 Å². The van der Waals surface area contributed by atoms with E-state index >= 15 is 0 Å². The van der Waals surface area contributed by atoms with Crippen molar-refractivity contribution in [2.24, 2.45) is 5.11 Å². The van der Waals surface area contributed by atoms with Gasteiger partial charge in [0.15, 0.2) is 6.10 Å². The van der Waals surface area contributed by atoms with Gasteiger partial charge in [-0.15, -0.1) is 0 Å². The maximum absolute atomic E-state index is 12.1. The molecule has 0 saturated carbocycles. The Morgan fingerprint density at radius 2 is 2.09 bits per heavy atom. The van der Waals surface area contributed by atoms with Crippen LogP contribution in [0.25, 0.3) is 10.4 Å². The van der Waals surface area contributed by atoms with Gasteiger partial charge in [0, 0.05) is 23.1 Å². The maximum Gasteiger partial charge on any atom is 0.337 e. The Kier molecular flexibility index (Phi) is 7.36. The molecule has 0 spiro atoms. The quantitative estimate of drug-likeness (QED) is 0.179. The molecule has 0 aliphatic rings. The van der Waals surface area contributed by atoms with Gasteiger partial charge in [0.25, 0.3) is 0 Å². The Bertz CT molecular complexity index is 636. The second-order valence-electron chi connectivity index (χ2n) is 4.75. The molecular formula is C16H19N3O4. The molecular weight excluding hydrogens is 298 g/mol. The first-order valence-corrected chi connectivity index (χ1v) is 7.18. The SMILES string of the molecule is C=C(C(=O)OCCCC)C(OC(C)=O)c1ccccc1N=[N+]=[N-]. The van der Waals surface area contributed by atoms with Crippen LogP contribution < -0.4 is 0 Å². The van der Waals surface area contributed by atoms with Gasteiger partial charge in [0.2, 0.25) is 0 Å². The summed E-state index contributed by atoms with van der Waals surface area (Å²) in [7, 11) is 0. The Morgan fingerprint density at radius 1 is 1.39 bits per heavy atom. The van der Waals surface area contributed by atoms with Gasteiger partial charge in [-0.2, -0.15) is 0 Å². The largest absolute Gasteiger partial charge is 0.462 e. The van der Waals surface area contributed by atoms with E-state index in [0.29, 0.717) is 5.56 Å². The van der Waals surface area contributed by atoms with Gasteiger partial charge >= 0.3 is 11.9 Å². The van der Waals surface area contributed by atoms with Gasteiger partial charge in [-0.05, 0) is 12.0 Å². The van der Waals surface area contributed by atoms with Crippen LogP contribution in [-0.4, -0.2) is 18.5 Å². The molecule has 0 radical (unpaired) electrons. The van der Waals surface area contributed by atoms with Crippen molar-refractivity contribution in [2.45, 2.75) is 32.8 Å². The topological polar surface area (TPSA) is 101 Å². The minimum Gasteiger partial charge on any atom is -0.462 e. The minimum atomic E-state index is -1.07. The van der Waals surface area contributed by atoms with Crippen LogP contribution >= 0.6 is 0 Å². The highest BCUT2D eigenvalue weighted by Crippen LogP contribution is 2.33. The van der Waals surface area contributed by atoms with E-state index in [0.717, 1.165) is 12.8 Å². The van der Waals surface area contributed by atoms with Crippen molar-refractivity contribution in [3.63, 3.8) is 0 Å². The Labute approximate surface area is 134 Å². The van der Waals surface area contributed by atoms with E-state index in [-0.39, 0.29) is 17.9 Å². The number of carbonyl (C=O) groups excluding carboxylic acids is 2. The molecule has 0 bridgehead atoms. The van der Waals surface area contributed by atoms with Gasteiger partial charge in [0.1, 0.15) is 0 Å².